The summed E-state index contributed by atoms with van der Waals surface area (Å²) in [5, 5.41) is 0. The van der Waals surface area contributed by atoms with Crippen LogP contribution in [0.3, 0.4) is 0 Å². The summed E-state index contributed by atoms with van der Waals surface area (Å²) in [5.74, 6) is 0.183. The van der Waals surface area contributed by atoms with Crippen molar-refractivity contribution in [1.82, 2.24) is 9.55 Å². The first-order valence-corrected chi connectivity index (χ1v) is 12.2. The van der Waals surface area contributed by atoms with Gasteiger partial charge in [-0.05, 0) is 42.7 Å². The van der Waals surface area contributed by atoms with Gasteiger partial charge in [0, 0.05) is 25.8 Å². The average Bonchev–Trinajstić information content (AvgIpc) is 2.89. The molecule has 0 unspecified atom stereocenters. The van der Waals surface area contributed by atoms with Crippen LogP contribution in [0.1, 0.15) is 48.5 Å². The fourth-order valence-corrected chi connectivity index (χ4v) is 3.83. The van der Waals surface area contributed by atoms with Crippen LogP contribution in [0.2, 0.25) is 0 Å². The number of anilines is 2. The molecule has 0 aliphatic carbocycles. The molecule has 2 aromatic carbocycles. The number of aromatic nitrogens is 2. The smallest absolute Gasteiger partial charge is 0.330 e. The number of nitrogens with two attached hydrogens (primary N) is 1. The number of carbonyl (C=O) groups is 1. The van der Waals surface area contributed by atoms with Crippen molar-refractivity contribution < 1.29 is 14.3 Å². The van der Waals surface area contributed by atoms with Crippen LogP contribution in [0, 0.1) is 0 Å². The quantitative estimate of drug-likeness (QED) is 0.352. The number of rotatable bonds is 13. The Hall–Kier alpha value is -3.85. The van der Waals surface area contributed by atoms with Gasteiger partial charge in [0.15, 0.2) is 5.69 Å². The van der Waals surface area contributed by atoms with Crippen LogP contribution < -0.4 is 26.6 Å². The second kappa shape index (κ2) is 13.3. The Morgan fingerprint density at radius 3 is 2.39 bits per heavy atom. The average molecular weight is 495 g/mol. The first kappa shape index (κ1) is 26.7. The molecule has 0 bridgehead atoms. The molecule has 3 N–H and O–H groups in total. The van der Waals surface area contributed by atoms with E-state index in [0.29, 0.717) is 30.9 Å². The molecule has 192 valence electrons. The van der Waals surface area contributed by atoms with E-state index in [0.717, 1.165) is 24.8 Å². The highest BCUT2D eigenvalue weighted by atomic mass is 16.5. The number of aromatic amines is 1. The van der Waals surface area contributed by atoms with Gasteiger partial charge in [0.2, 0.25) is 0 Å². The van der Waals surface area contributed by atoms with Gasteiger partial charge >= 0.3 is 5.69 Å². The van der Waals surface area contributed by atoms with Crippen molar-refractivity contribution in [1.29, 1.82) is 0 Å². The van der Waals surface area contributed by atoms with E-state index >= 15 is 0 Å². The largest absolute Gasteiger partial charge is 0.494 e. The number of benzene rings is 2. The lowest BCUT2D eigenvalue weighted by molar-refractivity contribution is 0.0983. The molecule has 9 heteroatoms. The first-order chi connectivity index (χ1) is 17.5. The summed E-state index contributed by atoms with van der Waals surface area (Å²) < 4.78 is 12.1. The van der Waals surface area contributed by atoms with Crippen molar-refractivity contribution in [3.05, 3.63) is 86.6 Å². The van der Waals surface area contributed by atoms with Crippen LogP contribution in [0.5, 0.6) is 5.75 Å². The monoisotopic (exact) mass is 494 g/mol. The molecule has 3 rings (SSSR count). The number of carbonyl (C=O) groups excluding carboxylic acids is 1. The van der Waals surface area contributed by atoms with Gasteiger partial charge in [0.25, 0.3) is 11.5 Å². The van der Waals surface area contributed by atoms with Crippen molar-refractivity contribution in [2.45, 2.75) is 39.2 Å². The van der Waals surface area contributed by atoms with E-state index in [1.807, 2.05) is 30.3 Å². The van der Waals surface area contributed by atoms with Gasteiger partial charge in [-0.15, -0.1) is 0 Å². The lowest BCUT2D eigenvalue weighted by Gasteiger charge is -2.24. The summed E-state index contributed by atoms with van der Waals surface area (Å²) in [6.07, 6.45) is 3.63. The number of ether oxygens (including phenoxy) is 2. The highest BCUT2D eigenvalue weighted by Crippen LogP contribution is 2.22. The maximum absolute atomic E-state index is 13.6. The SMILES string of the molecule is CCCCCOc1ccc(C(=O)N(CCCOC)c2c(N)n(Cc3ccccc3)c(=O)[nH]c2=O)cc1. The van der Waals surface area contributed by atoms with E-state index < -0.39 is 17.2 Å². The molecule has 0 fully saturated rings. The number of H-pyrrole nitrogens is 1. The minimum Gasteiger partial charge on any atom is -0.494 e. The molecule has 0 atom stereocenters. The van der Waals surface area contributed by atoms with Crippen LogP contribution >= 0.6 is 0 Å². The minimum atomic E-state index is -0.719. The van der Waals surface area contributed by atoms with Gasteiger partial charge in [0.1, 0.15) is 11.6 Å². The number of hydrogen-bond donors (Lipinski definition) is 2. The molecule has 0 aliphatic rings. The zero-order chi connectivity index (χ0) is 25.9. The standard InChI is InChI=1S/C27H34N4O5/c1-3-4-8-18-36-22-14-12-21(13-15-22)26(33)30(16-9-17-35-2)23-24(28)31(27(34)29-25(23)32)19-20-10-6-5-7-11-20/h5-7,10-15H,3-4,8-9,16-19,28H2,1-2H3,(H,29,32,34). The predicted molar refractivity (Wildman–Crippen MR) is 141 cm³/mol. The van der Waals surface area contributed by atoms with Crippen LogP contribution in [-0.4, -0.2) is 42.3 Å². The summed E-state index contributed by atoms with van der Waals surface area (Å²) in [6.45, 7) is 3.46. The third kappa shape index (κ3) is 6.85. The molecular weight excluding hydrogens is 460 g/mol. The Balaban J connectivity index is 1.93. The van der Waals surface area contributed by atoms with Crippen molar-refractivity contribution in [3.63, 3.8) is 0 Å². The van der Waals surface area contributed by atoms with Crippen LogP contribution in [0.4, 0.5) is 11.5 Å². The lowest BCUT2D eigenvalue weighted by Crippen LogP contribution is -2.42. The van der Waals surface area contributed by atoms with Crippen LogP contribution in [0.15, 0.2) is 64.2 Å². The number of nitrogens with one attached hydrogen (secondary N) is 1. The molecule has 0 radical (unpaired) electrons. The van der Waals surface area contributed by atoms with E-state index in [1.165, 1.54) is 9.47 Å². The van der Waals surface area contributed by atoms with Crippen LogP contribution in [-0.2, 0) is 11.3 Å². The van der Waals surface area contributed by atoms with Crippen molar-refractivity contribution >= 4 is 17.4 Å². The van der Waals surface area contributed by atoms with E-state index in [9.17, 15) is 14.4 Å². The highest BCUT2D eigenvalue weighted by Gasteiger charge is 2.25. The van der Waals surface area contributed by atoms with Crippen molar-refractivity contribution in [3.8, 4) is 5.75 Å². The molecule has 36 heavy (non-hydrogen) atoms. The number of nitrogens with zero attached hydrogens (tertiary/aromatic N) is 2. The Bertz CT molecular complexity index is 1240. The van der Waals surface area contributed by atoms with Crippen molar-refractivity contribution in [2.75, 3.05) is 37.5 Å². The molecule has 1 aromatic heterocycles. The highest BCUT2D eigenvalue weighted by molar-refractivity contribution is 6.07. The molecule has 3 aromatic rings. The Kier molecular flexibility index (Phi) is 9.88. The number of amides is 1. The molecule has 0 spiro atoms. The number of hydrogen-bond acceptors (Lipinski definition) is 6. The van der Waals surface area contributed by atoms with E-state index in [-0.39, 0.29) is 24.6 Å². The second-order valence-electron chi connectivity index (χ2n) is 8.45. The fourth-order valence-electron chi connectivity index (χ4n) is 3.83. The third-order valence-corrected chi connectivity index (χ3v) is 5.76. The summed E-state index contributed by atoms with van der Waals surface area (Å²) in [7, 11) is 1.56. The maximum atomic E-state index is 13.6. The number of methoxy groups -OCH3 is 1. The van der Waals surface area contributed by atoms with Crippen LogP contribution in [0.25, 0.3) is 0 Å². The van der Waals surface area contributed by atoms with Gasteiger partial charge in [-0.3, -0.25) is 19.1 Å². The topological polar surface area (TPSA) is 120 Å². The summed E-state index contributed by atoms with van der Waals surface area (Å²) in [4.78, 5) is 42.7. The molecule has 1 heterocycles. The number of unbranched alkanes of at least 4 members (excludes halogenated alkanes) is 2. The molecule has 0 saturated carbocycles. The molecule has 0 saturated heterocycles. The Morgan fingerprint density at radius 1 is 1.00 bits per heavy atom. The molecule has 9 nitrogen and oxygen atoms in total. The zero-order valence-electron chi connectivity index (χ0n) is 20.9. The summed E-state index contributed by atoms with van der Waals surface area (Å²) in [5.41, 5.74) is 6.13. The molecular formula is C27H34N4O5. The zero-order valence-corrected chi connectivity index (χ0v) is 20.9. The Labute approximate surface area is 210 Å². The van der Waals surface area contributed by atoms with E-state index in [1.54, 1.807) is 31.4 Å². The maximum Gasteiger partial charge on any atom is 0.330 e. The van der Waals surface area contributed by atoms with E-state index in [2.05, 4.69) is 11.9 Å². The van der Waals surface area contributed by atoms with E-state index in [4.69, 9.17) is 15.2 Å². The Morgan fingerprint density at radius 2 is 1.72 bits per heavy atom. The van der Waals surface area contributed by atoms with Gasteiger partial charge in [-0.1, -0.05) is 50.1 Å². The molecule has 1 amide bonds. The molecule has 0 aliphatic heterocycles. The fraction of sp³-hybridized carbons (Fsp3) is 0.370. The lowest BCUT2D eigenvalue weighted by atomic mass is 10.1. The summed E-state index contributed by atoms with van der Waals surface area (Å²) >= 11 is 0. The first-order valence-electron chi connectivity index (χ1n) is 12.2. The third-order valence-electron chi connectivity index (χ3n) is 5.76. The van der Waals surface area contributed by atoms with Crippen molar-refractivity contribution in [2.24, 2.45) is 0 Å². The minimum absolute atomic E-state index is 0.0634. The van der Waals surface area contributed by atoms with Gasteiger partial charge in [-0.2, -0.15) is 0 Å². The predicted octanol–water partition coefficient (Wildman–Crippen LogP) is 3.42. The summed E-state index contributed by atoms with van der Waals surface area (Å²) in [6, 6.07) is 16.0. The second-order valence-corrected chi connectivity index (χ2v) is 8.45. The van der Waals surface area contributed by atoms with Gasteiger partial charge < -0.3 is 20.1 Å². The van der Waals surface area contributed by atoms with Gasteiger partial charge in [-0.25, -0.2) is 4.79 Å². The number of nitrogen functional groups attached to an aromatic ring is 1. The van der Waals surface area contributed by atoms with Gasteiger partial charge in [0.05, 0.1) is 13.2 Å². The normalized spacial score (nSPS) is 10.8.